The molecule has 0 fully saturated rings. The highest BCUT2D eigenvalue weighted by Gasteiger charge is 2.09. The molecule has 1 N–H and O–H groups in total. The zero-order valence-corrected chi connectivity index (χ0v) is 17.2. The van der Waals surface area contributed by atoms with Gasteiger partial charge in [0, 0.05) is 5.02 Å². The van der Waals surface area contributed by atoms with Crippen molar-refractivity contribution in [2.24, 2.45) is 0 Å². The Morgan fingerprint density at radius 3 is 2.21 bits per heavy atom. The monoisotopic (exact) mass is 411 g/mol. The Bertz CT molecular complexity index is 982. The summed E-state index contributed by atoms with van der Waals surface area (Å²) in [6.45, 7) is 3.91. The summed E-state index contributed by atoms with van der Waals surface area (Å²) in [5, 5.41) is 3.23. The van der Waals surface area contributed by atoms with Crippen molar-refractivity contribution in [3.8, 4) is 23.0 Å². The number of carbonyl (C=O) groups is 1. The molecule has 0 saturated carbocycles. The quantitative estimate of drug-likeness (QED) is 0.535. The van der Waals surface area contributed by atoms with E-state index in [9.17, 15) is 4.79 Å². The minimum absolute atomic E-state index is 0.146. The van der Waals surface area contributed by atoms with Crippen LogP contribution in [0.4, 0.5) is 5.69 Å². The van der Waals surface area contributed by atoms with Crippen LogP contribution in [0.15, 0.2) is 60.7 Å². The van der Waals surface area contributed by atoms with E-state index in [1.165, 1.54) is 7.11 Å². The molecule has 0 aromatic heterocycles. The van der Waals surface area contributed by atoms with Crippen molar-refractivity contribution >= 4 is 23.2 Å². The van der Waals surface area contributed by atoms with Crippen molar-refractivity contribution in [2.75, 3.05) is 19.0 Å². The fraction of sp³-hybridized carbons (Fsp3) is 0.174. The van der Waals surface area contributed by atoms with Gasteiger partial charge in [-0.3, -0.25) is 4.79 Å². The number of rotatable bonds is 7. The molecular weight excluding hydrogens is 390 g/mol. The maximum atomic E-state index is 12.2. The fourth-order valence-electron chi connectivity index (χ4n) is 2.84. The number of ether oxygens (including phenoxy) is 3. The Morgan fingerprint density at radius 2 is 1.55 bits per heavy atom. The maximum Gasteiger partial charge on any atom is 0.262 e. The largest absolute Gasteiger partial charge is 0.495 e. The first-order valence-corrected chi connectivity index (χ1v) is 9.43. The van der Waals surface area contributed by atoms with E-state index in [4.69, 9.17) is 25.8 Å². The van der Waals surface area contributed by atoms with E-state index in [1.807, 2.05) is 26.0 Å². The van der Waals surface area contributed by atoms with Crippen LogP contribution in [0.3, 0.4) is 0 Å². The second-order valence-corrected chi connectivity index (χ2v) is 7.01. The van der Waals surface area contributed by atoms with Gasteiger partial charge >= 0.3 is 0 Å². The third kappa shape index (κ3) is 5.90. The third-order valence-electron chi connectivity index (χ3n) is 4.06. The number of methoxy groups -OCH3 is 1. The minimum atomic E-state index is -0.318. The van der Waals surface area contributed by atoms with Crippen LogP contribution < -0.4 is 19.5 Å². The number of carbonyl (C=O) groups excluding carboxylic acids is 1. The van der Waals surface area contributed by atoms with Crippen LogP contribution in [0.5, 0.6) is 23.0 Å². The van der Waals surface area contributed by atoms with Gasteiger partial charge in [-0.05, 0) is 79.6 Å². The molecule has 0 bridgehead atoms. The van der Waals surface area contributed by atoms with Gasteiger partial charge in [-0.15, -0.1) is 0 Å². The van der Waals surface area contributed by atoms with Crippen LogP contribution in [0.25, 0.3) is 0 Å². The van der Waals surface area contributed by atoms with Gasteiger partial charge in [0.2, 0.25) is 0 Å². The van der Waals surface area contributed by atoms with E-state index >= 15 is 0 Å². The molecular formula is C23H22ClNO4. The highest BCUT2D eigenvalue weighted by molar-refractivity contribution is 6.31. The molecule has 0 unspecified atom stereocenters. The summed E-state index contributed by atoms with van der Waals surface area (Å²) >= 11 is 5.97. The normalized spacial score (nSPS) is 10.3. The summed E-state index contributed by atoms with van der Waals surface area (Å²) in [5.41, 5.74) is 2.77. The molecule has 0 saturated heterocycles. The molecule has 0 aliphatic carbocycles. The van der Waals surface area contributed by atoms with Gasteiger partial charge in [0.05, 0.1) is 12.8 Å². The maximum absolute atomic E-state index is 12.2. The molecule has 0 aliphatic heterocycles. The average molecular weight is 412 g/mol. The Balaban J connectivity index is 1.56. The van der Waals surface area contributed by atoms with Gasteiger partial charge in [-0.25, -0.2) is 0 Å². The van der Waals surface area contributed by atoms with Gasteiger partial charge in [0.25, 0.3) is 5.91 Å². The van der Waals surface area contributed by atoms with Gasteiger partial charge in [-0.2, -0.15) is 0 Å². The van der Waals surface area contributed by atoms with E-state index in [0.717, 1.165) is 16.9 Å². The molecule has 3 rings (SSSR count). The minimum Gasteiger partial charge on any atom is -0.495 e. The van der Waals surface area contributed by atoms with E-state index in [-0.39, 0.29) is 12.5 Å². The van der Waals surface area contributed by atoms with E-state index < -0.39 is 0 Å². The van der Waals surface area contributed by atoms with Crippen LogP contribution in [-0.2, 0) is 4.79 Å². The van der Waals surface area contributed by atoms with E-state index in [1.54, 1.807) is 42.5 Å². The van der Waals surface area contributed by atoms with Gasteiger partial charge in [0.15, 0.2) is 6.61 Å². The summed E-state index contributed by atoms with van der Waals surface area (Å²) in [4.78, 5) is 12.2. The van der Waals surface area contributed by atoms with Crippen molar-refractivity contribution in [3.05, 3.63) is 76.8 Å². The van der Waals surface area contributed by atoms with Crippen molar-refractivity contribution in [1.82, 2.24) is 0 Å². The second-order valence-electron chi connectivity index (χ2n) is 6.58. The molecule has 0 aliphatic rings. The first-order valence-electron chi connectivity index (χ1n) is 9.05. The summed E-state index contributed by atoms with van der Waals surface area (Å²) in [6.07, 6.45) is 0. The summed E-state index contributed by atoms with van der Waals surface area (Å²) in [7, 11) is 1.52. The Kier molecular flexibility index (Phi) is 6.62. The molecule has 5 nitrogen and oxygen atoms in total. The molecule has 0 radical (unpaired) electrons. The summed E-state index contributed by atoms with van der Waals surface area (Å²) < 4.78 is 16.6. The van der Waals surface area contributed by atoms with Crippen LogP contribution in [0.1, 0.15) is 11.1 Å². The first-order chi connectivity index (χ1) is 13.9. The Labute approximate surface area is 175 Å². The smallest absolute Gasteiger partial charge is 0.262 e. The van der Waals surface area contributed by atoms with E-state index in [2.05, 4.69) is 11.4 Å². The second kappa shape index (κ2) is 9.34. The molecule has 0 atom stereocenters. The zero-order valence-electron chi connectivity index (χ0n) is 16.5. The predicted octanol–water partition coefficient (Wildman–Crippen LogP) is 5.78. The highest BCUT2D eigenvalue weighted by atomic mass is 35.5. The standard InChI is InChI=1S/C23H22ClNO4/c1-15-10-16(2)12-20(11-15)29-19-7-5-18(6-8-19)28-14-23(26)25-21-13-17(24)4-9-22(21)27-3/h4-13H,14H2,1-3H3,(H,25,26). The number of hydrogen-bond acceptors (Lipinski definition) is 4. The van der Waals surface area contributed by atoms with Crippen LogP contribution >= 0.6 is 11.6 Å². The topological polar surface area (TPSA) is 56.8 Å². The number of aryl methyl sites for hydroxylation is 2. The van der Waals surface area contributed by atoms with Gasteiger partial charge < -0.3 is 19.5 Å². The Morgan fingerprint density at radius 1 is 0.897 bits per heavy atom. The van der Waals surface area contributed by atoms with Crippen LogP contribution in [0, 0.1) is 13.8 Å². The SMILES string of the molecule is COc1ccc(Cl)cc1NC(=O)COc1ccc(Oc2cc(C)cc(C)c2)cc1. The molecule has 150 valence electrons. The lowest BCUT2D eigenvalue weighted by molar-refractivity contribution is -0.118. The number of anilines is 1. The molecule has 1 amide bonds. The lowest BCUT2D eigenvalue weighted by Gasteiger charge is -2.12. The molecule has 6 heteroatoms. The average Bonchev–Trinajstić information content (AvgIpc) is 2.67. The number of hydrogen-bond donors (Lipinski definition) is 1. The van der Waals surface area contributed by atoms with Crippen molar-refractivity contribution in [1.29, 1.82) is 0 Å². The lowest BCUT2D eigenvalue weighted by atomic mass is 10.1. The molecule has 3 aromatic rings. The molecule has 29 heavy (non-hydrogen) atoms. The highest BCUT2D eigenvalue weighted by Crippen LogP contribution is 2.28. The molecule has 3 aromatic carbocycles. The summed E-state index contributed by atoms with van der Waals surface area (Å²) in [5.74, 6) is 2.24. The van der Waals surface area contributed by atoms with E-state index in [0.29, 0.717) is 28.0 Å². The van der Waals surface area contributed by atoms with Crippen molar-refractivity contribution < 1.29 is 19.0 Å². The van der Waals surface area contributed by atoms with Crippen LogP contribution in [-0.4, -0.2) is 19.6 Å². The lowest BCUT2D eigenvalue weighted by Crippen LogP contribution is -2.20. The van der Waals surface area contributed by atoms with Crippen LogP contribution in [0.2, 0.25) is 5.02 Å². The third-order valence-corrected chi connectivity index (χ3v) is 4.30. The predicted molar refractivity (Wildman–Crippen MR) is 115 cm³/mol. The fourth-order valence-corrected chi connectivity index (χ4v) is 3.02. The first kappa shape index (κ1) is 20.6. The van der Waals surface area contributed by atoms with Crippen molar-refractivity contribution in [3.63, 3.8) is 0 Å². The van der Waals surface area contributed by atoms with Gasteiger partial charge in [0.1, 0.15) is 23.0 Å². The molecule has 0 heterocycles. The zero-order chi connectivity index (χ0) is 20.8. The molecule has 0 spiro atoms. The number of halogens is 1. The number of nitrogens with one attached hydrogen (secondary N) is 1. The van der Waals surface area contributed by atoms with Gasteiger partial charge in [-0.1, -0.05) is 17.7 Å². The summed E-state index contributed by atoms with van der Waals surface area (Å²) in [6, 6.07) is 18.1. The van der Waals surface area contributed by atoms with Crippen molar-refractivity contribution in [2.45, 2.75) is 13.8 Å². The number of benzene rings is 3. The number of amides is 1. The Hall–Kier alpha value is -3.18.